The first kappa shape index (κ1) is 11.6. The number of aromatic nitrogens is 1. The molecule has 0 unspecified atom stereocenters. The third-order valence-corrected chi connectivity index (χ3v) is 2.88. The van der Waals surface area contributed by atoms with Gasteiger partial charge < -0.3 is 4.98 Å². The maximum atomic E-state index is 13.6. The van der Waals surface area contributed by atoms with Gasteiger partial charge in [-0.2, -0.15) is 5.26 Å². The second-order valence-electron chi connectivity index (χ2n) is 3.33. The highest BCUT2D eigenvalue weighted by atomic mass is 79.9. The summed E-state index contributed by atoms with van der Waals surface area (Å²) in [7, 11) is 0. The van der Waals surface area contributed by atoms with E-state index in [2.05, 4.69) is 20.9 Å². The van der Waals surface area contributed by atoms with Gasteiger partial charge in [0, 0.05) is 10.0 Å². The molecule has 0 saturated carbocycles. The monoisotopic (exact) mass is 292 g/mol. The summed E-state index contributed by atoms with van der Waals surface area (Å²) in [5.41, 5.74) is 0.0546. The number of hydrogen-bond acceptors (Lipinski definition) is 2. The van der Waals surface area contributed by atoms with Crippen molar-refractivity contribution in [1.29, 1.82) is 5.26 Å². The van der Waals surface area contributed by atoms with Crippen LogP contribution < -0.4 is 5.56 Å². The van der Waals surface area contributed by atoms with Crippen LogP contribution in [0.1, 0.15) is 5.56 Å². The average molecular weight is 293 g/mol. The van der Waals surface area contributed by atoms with E-state index in [0.29, 0.717) is 10.2 Å². The zero-order chi connectivity index (χ0) is 12.4. The van der Waals surface area contributed by atoms with Gasteiger partial charge in [-0.1, -0.05) is 12.1 Å². The van der Waals surface area contributed by atoms with Crippen LogP contribution in [-0.4, -0.2) is 4.98 Å². The molecule has 2 aromatic rings. The molecule has 1 aromatic carbocycles. The first-order valence-corrected chi connectivity index (χ1v) is 5.50. The first-order valence-electron chi connectivity index (χ1n) is 4.71. The van der Waals surface area contributed by atoms with E-state index in [1.54, 1.807) is 24.3 Å². The van der Waals surface area contributed by atoms with Crippen LogP contribution in [0.15, 0.2) is 39.6 Å². The highest BCUT2D eigenvalue weighted by Gasteiger charge is 2.11. The summed E-state index contributed by atoms with van der Waals surface area (Å²) < 4.78 is 14.0. The fourth-order valence-electron chi connectivity index (χ4n) is 1.45. The molecule has 17 heavy (non-hydrogen) atoms. The molecule has 0 fully saturated rings. The van der Waals surface area contributed by atoms with Crippen LogP contribution in [0.4, 0.5) is 4.39 Å². The highest BCUT2D eigenvalue weighted by Crippen LogP contribution is 2.27. The molecule has 1 aromatic heterocycles. The lowest BCUT2D eigenvalue weighted by Crippen LogP contribution is -2.11. The van der Waals surface area contributed by atoms with Gasteiger partial charge in [-0.3, -0.25) is 4.79 Å². The molecular weight excluding hydrogens is 287 g/mol. The Bertz CT molecular complexity index is 673. The minimum absolute atomic E-state index is 0.0167. The van der Waals surface area contributed by atoms with E-state index >= 15 is 0 Å². The molecule has 84 valence electrons. The standard InChI is InChI=1S/C12H6BrFN2O/c13-9-5-7(6-15)12(17)16-11(9)8-3-1-2-4-10(8)14/h1-5H,(H,16,17). The maximum absolute atomic E-state index is 13.6. The van der Waals surface area contributed by atoms with Crippen LogP contribution in [0.25, 0.3) is 11.3 Å². The summed E-state index contributed by atoms with van der Waals surface area (Å²) in [5, 5.41) is 8.69. The Morgan fingerprint density at radius 3 is 2.71 bits per heavy atom. The number of nitrogens with one attached hydrogen (secondary N) is 1. The molecular formula is C12H6BrFN2O. The molecule has 1 N–H and O–H groups in total. The summed E-state index contributed by atoms with van der Waals surface area (Å²) in [6, 6.07) is 9.23. The van der Waals surface area contributed by atoms with Gasteiger partial charge in [0.05, 0.1) is 5.69 Å². The van der Waals surface area contributed by atoms with Crippen molar-refractivity contribution in [2.75, 3.05) is 0 Å². The quantitative estimate of drug-likeness (QED) is 0.879. The second kappa shape index (κ2) is 4.52. The van der Waals surface area contributed by atoms with Gasteiger partial charge in [-0.15, -0.1) is 0 Å². The molecule has 2 rings (SSSR count). The highest BCUT2D eigenvalue weighted by molar-refractivity contribution is 9.10. The summed E-state index contributed by atoms with van der Waals surface area (Å²) >= 11 is 3.21. The van der Waals surface area contributed by atoms with Gasteiger partial charge in [0.15, 0.2) is 0 Å². The van der Waals surface area contributed by atoms with Crippen molar-refractivity contribution in [3.63, 3.8) is 0 Å². The Hall–Kier alpha value is -1.93. The van der Waals surface area contributed by atoms with Crippen molar-refractivity contribution in [3.8, 4) is 17.3 Å². The Labute approximate surface area is 105 Å². The van der Waals surface area contributed by atoms with Crippen LogP contribution in [0.5, 0.6) is 0 Å². The van der Waals surface area contributed by atoms with Crippen molar-refractivity contribution in [2.24, 2.45) is 0 Å². The van der Waals surface area contributed by atoms with E-state index in [-0.39, 0.29) is 11.1 Å². The van der Waals surface area contributed by atoms with Crippen molar-refractivity contribution in [2.45, 2.75) is 0 Å². The van der Waals surface area contributed by atoms with Crippen molar-refractivity contribution >= 4 is 15.9 Å². The molecule has 0 atom stereocenters. The number of pyridine rings is 1. The predicted molar refractivity (Wildman–Crippen MR) is 64.9 cm³/mol. The first-order chi connectivity index (χ1) is 8.13. The Balaban J connectivity index is 2.71. The lowest BCUT2D eigenvalue weighted by Gasteiger charge is -2.05. The fraction of sp³-hybridized carbons (Fsp3) is 0. The van der Waals surface area contributed by atoms with Crippen LogP contribution in [0, 0.1) is 17.1 Å². The van der Waals surface area contributed by atoms with Gasteiger partial charge in [-0.25, -0.2) is 4.39 Å². The summed E-state index contributed by atoms with van der Waals surface area (Å²) in [4.78, 5) is 14.0. The zero-order valence-electron chi connectivity index (χ0n) is 8.50. The SMILES string of the molecule is N#Cc1cc(Br)c(-c2ccccc2F)[nH]c1=O. The smallest absolute Gasteiger partial charge is 0.266 e. The van der Waals surface area contributed by atoms with Gasteiger partial charge in [0.2, 0.25) is 0 Å². The molecule has 0 amide bonds. The van der Waals surface area contributed by atoms with Gasteiger partial charge in [0.1, 0.15) is 17.4 Å². The normalized spacial score (nSPS) is 9.94. The fourth-order valence-corrected chi connectivity index (χ4v) is 1.99. The number of nitrogens with zero attached hydrogens (tertiary/aromatic N) is 1. The number of rotatable bonds is 1. The molecule has 5 heteroatoms. The number of benzene rings is 1. The maximum Gasteiger partial charge on any atom is 0.266 e. The molecule has 0 spiro atoms. The Morgan fingerprint density at radius 1 is 1.35 bits per heavy atom. The number of halogens is 2. The number of hydrogen-bond donors (Lipinski definition) is 1. The molecule has 0 saturated heterocycles. The molecule has 1 heterocycles. The zero-order valence-corrected chi connectivity index (χ0v) is 10.1. The number of nitriles is 1. The van der Waals surface area contributed by atoms with E-state index in [9.17, 15) is 9.18 Å². The van der Waals surface area contributed by atoms with E-state index in [1.807, 2.05) is 0 Å². The van der Waals surface area contributed by atoms with Gasteiger partial charge >= 0.3 is 0 Å². The van der Waals surface area contributed by atoms with E-state index in [1.165, 1.54) is 12.1 Å². The van der Waals surface area contributed by atoms with E-state index in [0.717, 1.165) is 0 Å². The second-order valence-corrected chi connectivity index (χ2v) is 4.18. The van der Waals surface area contributed by atoms with Crippen molar-refractivity contribution in [3.05, 3.63) is 56.5 Å². The molecule has 0 aliphatic heterocycles. The minimum Gasteiger partial charge on any atom is -0.320 e. The van der Waals surface area contributed by atoms with Gasteiger partial charge in [-0.05, 0) is 34.1 Å². The molecule has 0 bridgehead atoms. The van der Waals surface area contributed by atoms with Crippen LogP contribution in [0.3, 0.4) is 0 Å². The molecule has 0 aliphatic rings. The molecule has 0 aliphatic carbocycles. The predicted octanol–water partition coefficient (Wildman–Crippen LogP) is 2.82. The summed E-state index contributed by atoms with van der Waals surface area (Å²) in [6.07, 6.45) is 0. The van der Waals surface area contributed by atoms with E-state index in [4.69, 9.17) is 5.26 Å². The third kappa shape index (κ3) is 2.12. The molecule has 0 radical (unpaired) electrons. The Morgan fingerprint density at radius 2 is 2.06 bits per heavy atom. The summed E-state index contributed by atoms with van der Waals surface area (Å²) in [6.45, 7) is 0. The van der Waals surface area contributed by atoms with Crippen LogP contribution >= 0.6 is 15.9 Å². The topological polar surface area (TPSA) is 56.6 Å². The number of aromatic amines is 1. The molecule has 3 nitrogen and oxygen atoms in total. The van der Waals surface area contributed by atoms with Crippen LogP contribution in [0.2, 0.25) is 0 Å². The number of H-pyrrole nitrogens is 1. The average Bonchev–Trinajstić information content (AvgIpc) is 2.32. The van der Waals surface area contributed by atoms with Gasteiger partial charge in [0.25, 0.3) is 5.56 Å². The third-order valence-electron chi connectivity index (χ3n) is 2.26. The van der Waals surface area contributed by atoms with Crippen molar-refractivity contribution < 1.29 is 4.39 Å². The minimum atomic E-state index is -0.533. The lowest BCUT2D eigenvalue weighted by molar-refractivity contribution is 0.630. The Kier molecular flexibility index (Phi) is 3.07. The lowest BCUT2D eigenvalue weighted by atomic mass is 10.1. The summed E-state index contributed by atoms with van der Waals surface area (Å²) in [5.74, 6) is -0.437. The van der Waals surface area contributed by atoms with Crippen molar-refractivity contribution in [1.82, 2.24) is 4.98 Å². The van der Waals surface area contributed by atoms with Crippen LogP contribution in [-0.2, 0) is 0 Å². The van der Waals surface area contributed by atoms with E-state index < -0.39 is 11.4 Å². The largest absolute Gasteiger partial charge is 0.320 e.